The molecule has 0 atom stereocenters. The number of pyridine rings is 1. The maximum atomic E-state index is 12.6. The fourth-order valence-electron chi connectivity index (χ4n) is 2.79. The Morgan fingerprint density at radius 2 is 2.00 bits per heavy atom. The van der Waals surface area contributed by atoms with E-state index in [4.69, 9.17) is 17.0 Å². The number of fused-ring (bicyclic) bond motifs is 1. The van der Waals surface area contributed by atoms with Gasteiger partial charge in [-0.1, -0.05) is 13.8 Å². The van der Waals surface area contributed by atoms with Crippen LogP contribution in [0.15, 0.2) is 29.1 Å². The summed E-state index contributed by atoms with van der Waals surface area (Å²) in [5.41, 5.74) is 1.41. The van der Waals surface area contributed by atoms with E-state index in [2.05, 4.69) is 33.9 Å². The van der Waals surface area contributed by atoms with Gasteiger partial charge >= 0.3 is 0 Å². The van der Waals surface area contributed by atoms with Gasteiger partial charge in [0.1, 0.15) is 5.75 Å². The highest BCUT2D eigenvalue weighted by molar-refractivity contribution is 7.80. The third-order valence-corrected chi connectivity index (χ3v) is 4.73. The molecule has 28 heavy (non-hydrogen) atoms. The van der Waals surface area contributed by atoms with Crippen LogP contribution in [0, 0.1) is 5.92 Å². The molecule has 0 spiro atoms. The summed E-state index contributed by atoms with van der Waals surface area (Å²) >= 11 is 5.60. The van der Waals surface area contributed by atoms with Crippen LogP contribution >= 0.6 is 12.2 Å². The molecule has 0 aliphatic carbocycles. The molecule has 2 aromatic rings. The molecule has 6 nitrogen and oxygen atoms in total. The summed E-state index contributed by atoms with van der Waals surface area (Å²) in [5, 5.41) is 4.95. The smallest absolute Gasteiger partial charge is 0.253 e. The van der Waals surface area contributed by atoms with Gasteiger partial charge < -0.3 is 24.8 Å². The summed E-state index contributed by atoms with van der Waals surface area (Å²) in [6, 6.07) is 7.64. The Labute approximate surface area is 172 Å². The highest BCUT2D eigenvalue weighted by atomic mass is 32.1. The zero-order valence-corrected chi connectivity index (χ0v) is 18.4. The van der Waals surface area contributed by atoms with Crippen molar-refractivity contribution < 1.29 is 4.74 Å². The molecule has 0 amide bonds. The molecule has 1 aromatic heterocycles. The largest absolute Gasteiger partial charge is 0.494 e. The summed E-state index contributed by atoms with van der Waals surface area (Å²) in [4.78, 5) is 19.8. The van der Waals surface area contributed by atoms with Crippen molar-refractivity contribution in [3.05, 3.63) is 40.2 Å². The van der Waals surface area contributed by atoms with Crippen LogP contribution in [0.5, 0.6) is 5.75 Å². The minimum atomic E-state index is -0.0850. The number of hydrogen-bond acceptors (Lipinski definition) is 4. The van der Waals surface area contributed by atoms with Crippen molar-refractivity contribution >= 4 is 28.2 Å². The quantitative estimate of drug-likeness (QED) is 0.627. The van der Waals surface area contributed by atoms with E-state index in [9.17, 15) is 4.79 Å². The number of rotatable bonds is 9. The predicted octanol–water partition coefficient (Wildman–Crippen LogP) is 2.82. The highest BCUT2D eigenvalue weighted by Crippen LogP contribution is 2.19. The SMILES string of the molecule is CCOc1ccc2[nH]c(=O)c(CN(CCN(C)C)C(=S)NCC(C)C)cc2c1. The van der Waals surface area contributed by atoms with E-state index in [1.54, 1.807) is 0 Å². The lowest BCUT2D eigenvalue weighted by molar-refractivity contribution is 0.321. The third kappa shape index (κ3) is 6.49. The van der Waals surface area contributed by atoms with Gasteiger partial charge in [0.2, 0.25) is 0 Å². The van der Waals surface area contributed by atoms with E-state index in [0.29, 0.717) is 29.7 Å². The molecule has 154 valence electrons. The molecule has 0 aliphatic rings. The van der Waals surface area contributed by atoms with Gasteiger partial charge in [-0.3, -0.25) is 4.79 Å². The summed E-state index contributed by atoms with van der Waals surface area (Å²) in [6.45, 7) is 9.71. The third-order valence-electron chi connectivity index (χ3n) is 4.33. The number of nitrogens with one attached hydrogen (secondary N) is 2. The molecule has 0 unspecified atom stereocenters. The van der Waals surface area contributed by atoms with Crippen LogP contribution in [0.4, 0.5) is 0 Å². The lowest BCUT2D eigenvalue weighted by Gasteiger charge is -2.27. The first-order valence-electron chi connectivity index (χ1n) is 9.76. The minimum Gasteiger partial charge on any atom is -0.494 e. The van der Waals surface area contributed by atoms with Crippen molar-refractivity contribution in [2.75, 3.05) is 40.3 Å². The molecule has 2 rings (SSSR count). The van der Waals surface area contributed by atoms with E-state index in [1.807, 2.05) is 45.3 Å². The van der Waals surface area contributed by atoms with Crippen LogP contribution in [0.25, 0.3) is 10.9 Å². The Kier molecular flexibility index (Phi) is 8.26. The number of benzene rings is 1. The first-order valence-corrected chi connectivity index (χ1v) is 10.2. The molecule has 2 N–H and O–H groups in total. The molecule has 0 saturated carbocycles. The van der Waals surface area contributed by atoms with Gasteiger partial charge in [-0.05, 0) is 63.4 Å². The molecular formula is C21H32N4O2S. The van der Waals surface area contributed by atoms with E-state index < -0.39 is 0 Å². The molecule has 0 bridgehead atoms. The number of hydrogen-bond donors (Lipinski definition) is 2. The van der Waals surface area contributed by atoms with Gasteiger partial charge in [0.25, 0.3) is 5.56 Å². The van der Waals surface area contributed by atoms with Crippen molar-refractivity contribution in [1.29, 1.82) is 0 Å². The van der Waals surface area contributed by atoms with Crippen molar-refractivity contribution in [3.63, 3.8) is 0 Å². The molecule has 1 heterocycles. The lowest BCUT2D eigenvalue weighted by Crippen LogP contribution is -2.44. The molecule has 1 aromatic carbocycles. The van der Waals surface area contributed by atoms with Gasteiger partial charge in [-0.2, -0.15) is 0 Å². The summed E-state index contributed by atoms with van der Waals surface area (Å²) in [6.07, 6.45) is 0. The van der Waals surface area contributed by atoms with E-state index >= 15 is 0 Å². The van der Waals surface area contributed by atoms with Gasteiger partial charge in [-0.25, -0.2) is 0 Å². The van der Waals surface area contributed by atoms with Crippen LogP contribution in [0.1, 0.15) is 26.3 Å². The number of nitrogens with zero attached hydrogens (tertiary/aromatic N) is 2. The van der Waals surface area contributed by atoms with Crippen molar-refractivity contribution in [2.45, 2.75) is 27.3 Å². The van der Waals surface area contributed by atoms with Gasteiger partial charge in [-0.15, -0.1) is 0 Å². The van der Waals surface area contributed by atoms with Crippen LogP contribution in [0.2, 0.25) is 0 Å². The minimum absolute atomic E-state index is 0.0850. The van der Waals surface area contributed by atoms with Crippen LogP contribution < -0.4 is 15.6 Å². The number of H-pyrrole nitrogens is 1. The molecule has 0 aliphatic heterocycles. The van der Waals surface area contributed by atoms with Crippen molar-refractivity contribution in [3.8, 4) is 5.75 Å². The van der Waals surface area contributed by atoms with E-state index in [0.717, 1.165) is 36.3 Å². The Hall–Kier alpha value is -2.12. The maximum absolute atomic E-state index is 12.6. The average molecular weight is 405 g/mol. The van der Waals surface area contributed by atoms with Crippen molar-refractivity contribution in [2.24, 2.45) is 5.92 Å². The topological polar surface area (TPSA) is 60.6 Å². The highest BCUT2D eigenvalue weighted by Gasteiger charge is 2.14. The van der Waals surface area contributed by atoms with Crippen LogP contribution in [-0.2, 0) is 6.54 Å². The Balaban J connectivity index is 2.27. The monoisotopic (exact) mass is 404 g/mol. The number of likely N-dealkylation sites (N-methyl/N-ethyl adjacent to an activating group) is 1. The molecule has 0 fully saturated rings. The van der Waals surface area contributed by atoms with E-state index in [-0.39, 0.29) is 5.56 Å². The number of aromatic amines is 1. The zero-order chi connectivity index (χ0) is 20.7. The fraction of sp³-hybridized carbons (Fsp3) is 0.524. The molecular weight excluding hydrogens is 372 g/mol. The summed E-state index contributed by atoms with van der Waals surface area (Å²) in [5.74, 6) is 1.29. The second kappa shape index (κ2) is 10.4. The second-order valence-electron chi connectivity index (χ2n) is 7.61. The number of thiocarbonyl (C=S) groups is 1. The first kappa shape index (κ1) is 22.2. The zero-order valence-electron chi connectivity index (χ0n) is 17.5. The van der Waals surface area contributed by atoms with Gasteiger partial charge in [0, 0.05) is 36.1 Å². The second-order valence-corrected chi connectivity index (χ2v) is 8.00. The Morgan fingerprint density at radius 3 is 2.64 bits per heavy atom. The lowest BCUT2D eigenvalue weighted by atomic mass is 10.1. The fourth-order valence-corrected chi connectivity index (χ4v) is 3.02. The van der Waals surface area contributed by atoms with Crippen LogP contribution in [0.3, 0.4) is 0 Å². The standard InChI is InChI=1S/C21H32N4O2S/c1-6-27-18-7-8-19-16(12-18)11-17(20(26)23-19)14-25(10-9-24(4)5)21(28)22-13-15(2)3/h7-8,11-12,15H,6,9-10,13-14H2,1-5H3,(H,22,28)(H,23,26). The molecule has 0 radical (unpaired) electrons. The average Bonchev–Trinajstić information content (AvgIpc) is 2.63. The van der Waals surface area contributed by atoms with E-state index in [1.165, 1.54) is 0 Å². The summed E-state index contributed by atoms with van der Waals surface area (Å²) in [7, 11) is 4.06. The predicted molar refractivity (Wildman–Crippen MR) is 120 cm³/mol. The van der Waals surface area contributed by atoms with Gasteiger partial charge in [0.15, 0.2) is 5.11 Å². The normalized spacial score (nSPS) is 11.2. The Morgan fingerprint density at radius 1 is 1.25 bits per heavy atom. The number of aromatic nitrogens is 1. The van der Waals surface area contributed by atoms with Gasteiger partial charge in [0.05, 0.1) is 13.2 Å². The van der Waals surface area contributed by atoms with Crippen LogP contribution in [-0.4, -0.2) is 60.2 Å². The number of ether oxygens (including phenoxy) is 1. The maximum Gasteiger partial charge on any atom is 0.253 e. The van der Waals surface area contributed by atoms with Crippen molar-refractivity contribution in [1.82, 2.24) is 20.1 Å². The summed E-state index contributed by atoms with van der Waals surface area (Å²) < 4.78 is 5.58. The molecule has 7 heteroatoms. The molecule has 0 saturated heterocycles. The Bertz CT molecular complexity index is 848. The first-order chi connectivity index (χ1) is 13.3.